The highest BCUT2D eigenvalue weighted by molar-refractivity contribution is 7.89. The average molecular weight is 487 g/mol. The van der Waals surface area contributed by atoms with Crippen LogP contribution in [0.1, 0.15) is 24.8 Å². The average Bonchev–Trinajstić information content (AvgIpc) is 2.78. The standard InChI is InChI=1S/C20H20F3N3O6S/c21-20(22,23)17-12-14(26(28)29)4-9-18(17)24-19(27)13-32-15-5-7-16(8-6-15)33(30,31)25-10-2-1-3-11-25/h4-9,12H,1-3,10-11,13H2,(H,24,27). The van der Waals surface area contributed by atoms with E-state index in [4.69, 9.17) is 4.74 Å². The molecule has 178 valence electrons. The molecule has 9 nitrogen and oxygen atoms in total. The first-order valence-corrected chi connectivity index (χ1v) is 11.3. The Bertz CT molecular complexity index is 1130. The summed E-state index contributed by atoms with van der Waals surface area (Å²) in [4.78, 5) is 21.9. The van der Waals surface area contributed by atoms with Gasteiger partial charge in [-0.1, -0.05) is 6.42 Å². The number of alkyl halides is 3. The fourth-order valence-corrected chi connectivity index (χ4v) is 4.80. The fourth-order valence-electron chi connectivity index (χ4n) is 3.29. The van der Waals surface area contributed by atoms with Gasteiger partial charge in [-0.25, -0.2) is 8.42 Å². The molecule has 1 aliphatic heterocycles. The van der Waals surface area contributed by atoms with Gasteiger partial charge in [0.25, 0.3) is 11.6 Å². The van der Waals surface area contributed by atoms with Gasteiger partial charge in [0.05, 0.1) is 21.1 Å². The molecular weight excluding hydrogens is 467 g/mol. The van der Waals surface area contributed by atoms with Gasteiger partial charge in [-0.05, 0) is 43.2 Å². The van der Waals surface area contributed by atoms with Crippen molar-refractivity contribution < 1.29 is 36.0 Å². The van der Waals surface area contributed by atoms with Crippen LogP contribution >= 0.6 is 0 Å². The van der Waals surface area contributed by atoms with E-state index in [0.29, 0.717) is 19.2 Å². The Labute approximate surface area is 187 Å². The molecule has 13 heteroatoms. The van der Waals surface area contributed by atoms with Crippen molar-refractivity contribution >= 4 is 27.3 Å². The minimum atomic E-state index is -4.93. The molecule has 0 aromatic heterocycles. The minimum absolute atomic E-state index is 0.0712. The van der Waals surface area contributed by atoms with Gasteiger partial charge in [-0.15, -0.1) is 0 Å². The van der Waals surface area contributed by atoms with Crippen molar-refractivity contribution in [2.75, 3.05) is 25.0 Å². The third kappa shape index (κ3) is 5.99. The first-order chi connectivity index (χ1) is 15.5. The highest BCUT2D eigenvalue weighted by Gasteiger charge is 2.35. The van der Waals surface area contributed by atoms with Crippen molar-refractivity contribution in [3.8, 4) is 5.75 Å². The summed E-state index contributed by atoms with van der Waals surface area (Å²) >= 11 is 0. The Kier molecular flexibility index (Phi) is 7.22. The molecule has 1 heterocycles. The molecule has 2 aromatic carbocycles. The lowest BCUT2D eigenvalue weighted by atomic mass is 10.1. The molecule has 0 unspecified atom stereocenters. The van der Waals surface area contributed by atoms with Crippen molar-refractivity contribution in [2.24, 2.45) is 0 Å². The quantitative estimate of drug-likeness (QED) is 0.469. The van der Waals surface area contributed by atoms with Crippen LogP contribution in [0.4, 0.5) is 24.5 Å². The van der Waals surface area contributed by atoms with E-state index in [9.17, 15) is 36.5 Å². The van der Waals surface area contributed by atoms with Gasteiger partial charge in [0.1, 0.15) is 5.75 Å². The zero-order valence-corrected chi connectivity index (χ0v) is 18.0. The minimum Gasteiger partial charge on any atom is -0.484 e. The SMILES string of the molecule is O=C(COc1ccc(S(=O)(=O)N2CCCCC2)cc1)Nc1ccc([N+](=O)[O-])cc1C(F)(F)F. The number of nitrogens with zero attached hydrogens (tertiary/aromatic N) is 2. The molecule has 2 aromatic rings. The number of carbonyl (C=O) groups is 1. The molecule has 1 fully saturated rings. The van der Waals surface area contributed by atoms with E-state index in [2.05, 4.69) is 0 Å². The molecule has 1 amide bonds. The monoisotopic (exact) mass is 487 g/mol. The first kappa shape index (κ1) is 24.5. The number of benzene rings is 2. The normalized spacial score (nSPS) is 15.1. The Morgan fingerprint density at radius 2 is 1.73 bits per heavy atom. The number of nitro groups is 1. The third-order valence-corrected chi connectivity index (χ3v) is 6.85. The van der Waals surface area contributed by atoms with Crippen molar-refractivity contribution in [1.29, 1.82) is 0 Å². The maximum atomic E-state index is 13.2. The van der Waals surface area contributed by atoms with Crippen molar-refractivity contribution in [1.82, 2.24) is 4.31 Å². The van der Waals surface area contributed by atoms with Crippen molar-refractivity contribution in [3.05, 3.63) is 58.1 Å². The van der Waals surface area contributed by atoms with E-state index in [-0.39, 0.29) is 10.6 Å². The number of sulfonamides is 1. The van der Waals surface area contributed by atoms with Gasteiger partial charge in [0.2, 0.25) is 10.0 Å². The number of nitro benzene ring substituents is 1. The summed E-state index contributed by atoms with van der Waals surface area (Å²) in [5.41, 5.74) is -2.78. The van der Waals surface area contributed by atoms with Gasteiger partial charge in [0, 0.05) is 25.2 Å². The molecule has 0 bridgehead atoms. The Morgan fingerprint density at radius 3 is 2.30 bits per heavy atom. The number of nitrogens with one attached hydrogen (secondary N) is 1. The highest BCUT2D eigenvalue weighted by atomic mass is 32.2. The van der Waals surface area contributed by atoms with Crippen LogP contribution in [0.25, 0.3) is 0 Å². The van der Waals surface area contributed by atoms with Gasteiger partial charge >= 0.3 is 6.18 Å². The lowest BCUT2D eigenvalue weighted by Gasteiger charge is -2.25. The van der Waals surface area contributed by atoms with Crippen LogP contribution in [0.3, 0.4) is 0 Å². The van der Waals surface area contributed by atoms with E-state index in [0.717, 1.165) is 31.4 Å². The number of rotatable bonds is 7. The second-order valence-electron chi connectivity index (χ2n) is 7.26. The lowest BCUT2D eigenvalue weighted by Crippen LogP contribution is -2.35. The molecule has 1 saturated heterocycles. The van der Waals surface area contributed by atoms with Gasteiger partial charge in [-0.3, -0.25) is 14.9 Å². The predicted molar refractivity (Wildman–Crippen MR) is 111 cm³/mol. The third-order valence-electron chi connectivity index (χ3n) is 4.94. The molecule has 0 radical (unpaired) electrons. The summed E-state index contributed by atoms with van der Waals surface area (Å²) in [5, 5.41) is 12.8. The number of amides is 1. The van der Waals surface area contributed by atoms with E-state index < -0.39 is 50.6 Å². The topological polar surface area (TPSA) is 119 Å². The maximum Gasteiger partial charge on any atom is 0.418 e. The first-order valence-electron chi connectivity index (χ1n) is 9.87. The van der Waals surface area contributed by atoms with Gasteiger partial charge in [0.15, 0.2) is 6.61 Å². The lowest BCUT2D eigenvalue weighted by molar-refractivity contribution is -0.385. The van der Waals surface area contributed by atoms with E-state index in [1.807, 2.05) is 5.32 Å². The largest absolute Gasteiger partial charge is 0.484 e. The van der Waals surface area contributed by atoms with Gasteiger partial charge < -0.3 is 10.1 Å². The molecule has 0 aliphatic carbocycles. The number of anilines is 1. The number of hydrogen-bond acceptors (Lipinski definition) is 6. The molecule has 1 N–H and O–H groups in total. The number of carbonyl (C=O) groups excluding carboxylic acids is 1. The summed E-state index contributed by atoms with van der Waals surface area (Å²) in [7, 11) is -3.64. The fraction of sp³-hybridized carbons (Fsp3) is 0.350. The molecule has 33 heavy (non-hydrogen) atoms. The molecule has 0 spiro atoms. The van der Waals surface area contributed by atoms with Gasteiger partial charge in [-0.2, -0.15) is 17.5 Å². The van der Waals surface area contributed by atoms with E-state index in [1.54, 1.807) is 0 Å². The molecule has 3 rings (SSSR count). The number of non-ortho nitro benzene ring substituents is 1. The Balaban J connectivity index is 1.64. The smallest absolute Gasteiger partial charge is 0.418 e. The zero-order chi connectivity index (χ0) is 24.2. The number of ether oxygens (including phenoxy) is 1. The maximum absolute atomic E-state index is 13.2. The van der Waals surface area contributed by atoms with Crippen molar-refractivity contribution in [3.63, 3.8) is 0 Å². The van der Waals surface area contributed by atoms with Crippen LogP contribution in [0.15, 0.2) is 47.4 Å². The molecule has 0 saturated carbocycles. The van der Waals surface area contributed by atoms with Crippen LogP contribution in [0, 0.1) is 10.1 Å². The summed E-state index contributed by atoms with van der Waals surface area (Å²) in [5.74, 6) is -0.790. The highest BCUT2D eigenvalue weighted by Crippen LogP contribution is 2.37. The van der Waals surface area contributed by atoms with Crippen LogP contribution in [0.2, 0.25) is 0 Å². The second-order valence-corrected chi connectivity index (χ2v) is 9.20. The zero-order valence-electron chi connectivity index (χ0n) is 17.2. The molecule has 1 aliphatic rings. The van der Waals surface area contributed by atoms with Crippen LogP contribution in [-0.4, -0.2) is 43.2 Å². The predicted octanol–water partition coefficient (Wildman–Crippen LogP) is 3.81. The summed E-state index contributed by atoms with van der Waals surface area (Å²) in [6.45, 7) is 0.235. The van der Waals surface area contributed by atoms with Crippen LogP contribution in [0.5, 0.6) is 5.75 Å². The number of halogens is 3. The van der Waals surface area contributed by atoms with Crippen LogP contribution in [-0.2, 0) is 21.0 Å². The summed E-state index contributed by atoms with van der Waals surface area (Å²) in [6, 6.07) is 7.31. The summed E-state index contributed by atoms with van der Waals surface area (Å²) < 4.78 is 71.5. The van der Waals surface area contributed by atoms with Crippen LogP contribution < -0.4 is 10.1 Å². The number of piperidine rings is 1. The van der Waals surface area contributed by atoms with Crippen molar-refractivity contribution in [2.45, 2.75) is 30.3 Å². The Morgan fingerprint density at radius 1 is 1.09 bits per heavy atom. The summed E-state index contributed by atoms with van der Waals surface area (Å²) in [6.07, 6.45) is -2.36. The molecule has 0 atom stereocenters. The second kappa shape index (κ2) is 9.75. The van der Waals surface area contributed by atoms with E-state index in [1.165, 1.54) is 28.6 Å². The molecular formula is C20H20F3N3O6S. The number of hydrogen-bond donors (Lipinski definition) is 1. The Hall–Kier alpha value is -3.19. The van der Waals surface area contributed by atoms with E-state index >= 15 is 0 Å².